The number of benzene rings is 4. The van der Waals surface area contributed by atoms with Gasteiger partial charge in [0.25, 0.3) is 5.91 Å². The van der Waals surface area contributed by atoms with Gasteiger partial charge in [0.1, 0.15) is 5.69 Å². The number of halogens is 5. The highest BCUT2D eigenvalue weighted by Gasteiger charge is 2.53. The molecule has 256 valence electrons. The van der Waals surface area contributed by atoms with Crippen LogP contribution in [0.5, 0.6) is 0 Å². The average molecular weight is 679 g/mol. The Bertz CT molecular complexity index is 1790. The molecule has 2 fully saturated rings. The zero-order valence-electron chi connectivity index (χ0n) is 26.6. The number of amides is 1. The number of hydrogen-bond donors (Lipinski definition) is 1. The van der Waals surface area contributed by atoms with Crippen LogP contribution in [0, 0.1) is 29.1 Å². The summed E-state index contributed by atoms with van der Waals surface area (Å²) in [6.45, 7) is -0.529. The fourth-order valence-electron chi connectivity index (χ4n) is 6.92. The third-order valence-corrected chi connectivity index (χ3v) is 9.51. The van der Waals surface area contributed by atoms with Crippen molar-refractivity contribution in [1.29, 1.82) is 0 Å². The lowest BCUT2D eigenvalue weighted by molar-refractivity contribution is -0.145. The lowest BCUT2D eigenvalue weighted by Gasteiger charge is -2.41. The van der Waals surface area contributed by atoms with Crippen LogP contribution in [0.3, 0.4) is 0 Å². The molecule has 1 saturated heterocycles. The van der Waals surface area contributed by atoms with Crippen LogP contribution in [0.2, 0.25) is 0 Å². The number of carbonyl (C=O) groups excluding carboxylic acids is 1. The predicted octanol–water partition coefficient (Wildman–Crippen LogP) is 8.87. The summed E-state index contributed by atoms with van der Waals surface area (Å²) in [7, 11) is 0. The van der Waals surface area contributed by atoms with Crippen LogP contribution >= 0.6 is 0 Å². The van der Waals surface area contributed by atoms with Crippen molar-refractivity contribution >= 4 is 23.3 Å². The maximum absolute atomic E-state index is 15.4. The number of anilines is 2. The smallest absolute Gasteiger partial charge is 0.335 e. The second-order valence-corrected chi connectivity index (χ2v) is 12.6. The van der Waals surface area contributed by atoms with Crippen LogP contribution in [0.15, 0.2) is 78.9 Å². The Morgan fingerprint density at radius 1 is 0.755 bits per heavy atom. The molecule has 0 radical (unpaired) electrons. The Labute approximate surface area is 280 Å². The zero-order valence-corrected chi connectivity index (χ0v) is 26.6. The molecule has 49 heavy (non-hydrogen) atoms. The van der Waals surface area contributed by atoms with Crippen molar-refractivity contribution < 1.29 is 41.4 Å². The maximum Gasteiger partial charge on any atom is 0.335 e. The largest absolute Gasteiger partial charge is 0.478 e. The highest BCUT2D eigenvalue weighted by atomic mass is 19.2. The van der Waals surface area contributed by atoms with Gasteiger partial charge in [0.05, 0.1) is 18.7 Å². The molecule has 4 aromatic rings. The third-order valence-electron chi connectivity index (χ3n) is 9.51. The highest BCUT2D eigenvalue weighted by Crippen LogP contribution is 2.43. The van der Waals surface area contributed by atoms with Crippen molar-refractivity contribution in [3.63, 3.8) is 0 Å². The Kier molecular flexibility index (Phi) is 10.0. The Hall–Kier alpha value is -4.77. The highest BCUT2D eigenvalue weighted by molar-refractivity contribution is 6.02. The fraction of sp³-hybridized carbons (Fsp3) is 0.316. The molecule has 0 spiro atoms. The van der Waals surface area contributed by atoms with Crippen molar-refractivity contribution in [2.75, 3.05) is 16.3 Å². The maximum atomic E-state index is 15.4. The molecule has 6 rings (SSSR count). The van der Waals surface area contributed by atoms with Crippen LogP contribution in [0.1, 0.15) is 77.9 Å². The number of aromatic carboxylic acids is 1. The molecule has 0 bridgehead atoms. The van der Waals surface area contributed by atoms with E-state index in [1.165, 1.54) is 41.1 Å². The van der Waals surface area contributed by atoms with Crippen LogP contribution < -0.4 is 9.80 Å². The van der Waals surface area contributed by atoms with E-state index >= 15 is 13.6 Å². The molecule has 1 saturated carbocycles. The second kappa shape index (κ2) is 14.4. The molecule has 0 unspecified atom stereocenters. The topological polar surface area (TPSA) is 70.1 Å². The van der Waals surface area contributed by atoms with E-state index in [1.54, 1.807) is 30.3 Å². The molecule has 4 aromatic carbocycles. The monoisotopic (exact) mass is 678 g/mol. The molecular formula is C38H35F5N2O4. The van der Waals surface area contributed by atoms with E-state index in [9.17, 15) is 23.1 Å². The summed E-state index contributed by atoms with van der Waals surface area (Å²) < 4.78 is 80.4. The van der Waals surface area contributed by atoms with E-state index in [-0.39, 0.29) is 43.8 Å². The molecule has 2 aliphatic rings. The fourth-order valence-corrected chi connectivity index (χ4v) is 6.92. The van der Waals surface area contributed by atoms with Gasteiger partial charge in [-0.25, -0.2) is 26.7 Å². The van der Waals surface area contributed by atoms with Gasteiger partial charge in [-0.3, -0.25) is 4.79 Å². The van der Waals surface area contributed by atoms with Gasteiger partial charge in [-0.1, -0.05) is 73.9 Å². The molecule has 1 N–H and O–H groups in total. The third kappa shape index (κ3) is 6.76. The first-order chi connectivity index (χ1) is 23.6. The first-order valence-corrected chi connectivity index (χ1v) is 16.3. The van der Waals surface area contributed by atoms with Crippen molar-refractivity contribution in [1.82, 2.24) is 0 Å². The molecule has 1 aliphatic heterocycles. The van der Waals surface area contributed by atoms with E-state index in [0.717, 1.165) is 30.6 Å². The zero-order chi connectivity index (χ0) is 34.7. The summed E-state index contributed by atoms with van der Waals surface area (Å²) in [5, 5.41) is 9.49. The van der Waals surface area contributed by atoms with Crippen LogP contribution in [0.25, 0.3) is 0 Å². The first kappa shape index (κ1) is 34.1. The van der Waals surface area contributed by atoms with Crippen molar-refractivity contribution in [2.45, 2.75) is 69.7 Å². The van der Waals surface area contributed by atoms with E-state index in [4.69, 9.17) is 4.74 Å². The van der Waals surface area contributed by atoms with E-state index in [2.05, 4.69) is 0 Å². The van der Waals surface area contributed by atoms with E-state index in [0.29, 0.717) is 17.0 Å². The number of ether oxygens (including phenoxy) is 1. The van der Waals surface area contributed by atoms with Gasteiger partial charge in [0.15, 0.2) is 23.3 Å². The van der Waals surface area contributed by atoms with Crippen LogP contribution in [-0.2, 0) is 22.7 Å². The van der Waals surface area contributed by atoms with Gasteiger partial charge in [0.2, 0.25) is 11.5 Å². The Balaban J connectivity index is 1.44. The van der Waals surface area contributed by atoms with Crippen LogP contribution in [-0.4, -0.2) is 29.3 Å². The molecule has 6 nitrogen and oxygen atoms in total. The molecule has 1 atom stereocenters. The molecule has 0 aromatic heterocycles. The second-order valence-electron chi connectivity index (χ2n) is 12.6. The summed E-state index contributed by atoms with van der Waals surface area (Å²) in [6, 6.07) is 22.0. The summed E-state index contributed by atoms with van der Waals surface area (Å²) >= 11 is 0. The quantitative estimate of drug-likeness (QED) is 0.103. The van der Waals surface area contributed by atoms with Gasteiger partial charge in [-0.15, -0.1) is 0 Å². The normalized spacial score (nSPS) is 18.1. The van der Waals surface area contributed by atoms with Crippen molar-refractivity contribution in [3.8, 4) is 0 Å². The van der Waals surface area contributed by atoms with Gasteiger partial charge in [0, 0.05) is 18.7 Å². The predicted molar refractivity (Wildman–Crippen MR) is 174 cm³/mol. The van der Waals surface area contributed by atoms with Gasteiger partial charge in [-0.2, -0.15) is 0 Å². The van der Waals surface area contributed by atoms with Gasteiger partial charge in [-0.05, 0) is 66.1 Å². The van der Waals surface area contributed by atoms with E-state index in [1.807, 2.05) is 24.3 Å². The molecule has 11 heteroatoms. The minimum Gasteiger partial charge on any atom is -0.478 e. The lowest BCUT2D eigenvalue weighted by atomic mass is 9.84. The minimum atomic E-state index is -2.31. The van der Waals surface area contributed by atoms with Crippen LogP contribution in [0.4, 0.5) is 33.3 Å². The summed E-state index contributed by atoms with van der Waals surface area (Å²) in [4.78, 5) is 28.8. The average Bonchev–Trinajstić information content (AvgIpc) is 3.56. The molecule has 1 amide bonds. The summed E-state index contributed by atoms with van der Waals surface area (Å²) in [5.74, 6) is -12.3. The van der Waals surface area contributed by atoms with Crippen molar-refractivity contribution in [2.24, 2.45) is 0 Å². The number of carboxylic acid groups (broad SMARTS) is 1. The lowest BCUT2D eigenvalue weighted by Crippen LogP contribution is -2.59. The number of hydrogen-bond acceptors (Lipinski definition) is 4. The Morgan fingerprint density at radius 2 is 1.37 bits per heavy atom. The number of carboxylic acids is 1. The van der Waals surface area contributed by atoms with Gasteiger partial charge >= 0.3 is 5.97 Å². The first-order valence-electron chi connectivity index (χ1n) is 16.3. The SMILES string of the molecule is O=C(O)c1ccc(N(Cc2ccc(C3CCCCC3)cc2)C(=O)[C@]2(OCc3ccccc3)CCCN2c2c(F)c(F)c(F)c(F)c2F)cc1. The van der Waals surface area contributed by atoms with E-state index < -0.39 is 52.4 Å². The minimum absolute atomic E-state index is 0.0353. The standard InChI is InChI=1S/C38H35F5N2O4/c39-30-31(40)33(42)35(34(43)32(30)41)45-21-7-20-38(45,49-23-25-8-3-1-4-9-25)37(48)44(29-18-16-28(17-19-29)36(46)47)22-24-12-14-27(15-13-24)26-10-5-2-6-11-26/h1,3-4,8-9,12-19,26H,2,5-7,10-11,20-23H2,(H,46,47)/t38-/m1/s1. The number of rotatable bonds is 10. The Morgan fingerprint density at radius 3 is 1.98 bits per heavy atom. The summed E-state index contributed by atoms with van der Waals surface area (Å²) in [6.07, 6.45) is 5.70. The van der Waals surface area contributed by atoms with Crippen molar-refractivity contribution in [3.05, 3.63) is 130 Å². The molecule has 1 aliphatic carbocycles. The molecule has 1 heterocycles. The number of nitrogens with zero attached hydrogens (tertiary/aromatic N) is 2. The van der Waals surface area contributed by atoms with Gasteiger partial charge < -0.3 is 19.6 Å². The number of carbonyl (C=O) groups is 2. The summed E-state index contributed by atoms with van der Waals surface area (Å²) in [5.41, 5.74) is -0.757. The molecular weight excluding hydrogens is 643 g/mol.